The van der Waals surface area contributed by atoms with E-state index in [1.54, 1.807) is 0 Å². The van der Waals surface area contributed by atoms with E-state index in [0.29, 0.717) is 103 Å². The number of aliphatic hydroxyl groups is 1. The van der Waals surface area contributed by atoms with Crippen LogP contribution in [0.3, 0.4) is 0 Å². The summed E-state index contributed by atoms with van der Waals surface area (Å²) in [6.07, 6.45) is 52.2. The van der Waals surface area contributed by atoms with Crippen molar-refractivity contribution in [3.05, 3.63) is 0 Å². The normalized spacial score (nSPS) is 62.2. The molecule has 710 valence electrons. The van der Waals surface area contributed by atoms with Crippen LogP contribution in [-0.4, -0.2) is 112 Å². The molecule has 38 fully saturated rings. The summed E-state index contributed by atoms with van der Waals surface area (Å²) in [5, 5.41) is 9.53. The topological polar surface area (TPSA) is 231 Å². The number of fused-ring (bicyclic) bond motifs is 79. The van der Waals surface area contributed by atoms with Gasteiger partial charge in [0.15, 0.2) is 0 Å². The average molecular weight is 1790 g/mol. The van der Waals surface area contributed by atoms with Crippen molar-refractivity contribution in [1.29, 1.82) is 0 Å². The molecule has 57 atom stereocenters. The highest BCUT2D eigenvalue weighted by molar-refractivity contribution is 5.82. The lowest BCUT2D eigenvalue weighted by Gasteiger charge is -2.43. The molecule has 5 spiro atoms. The predicted octanol–water partition coefficient (Wildman–Crippen LogP) is 18.0. The quantitative estimate of drug-likeness (QED) is 0.146. The van der Waals surface area contributed by atoms with E-state index in [1.165, 1.54) is 212 Å². The van der Waals surface area contributed by atoms with E-state index in [9.17, 15) is 43.5 Å². The van der Waals surface area contributed by atoms with Gasteiger partial charge in [0.25, 0.3) is 0 Å². The lowest BCUT2D eigenvalue weighted by molar-refractivity contribution is -0.152. The van der Waals surface area contributed by atoms with Crippen LogP contribution >= 0.6 is 0 Å². The summed E-state index contributed by atoms with van der Waals surface area (Å²) >= 11 is 0. The van der Waals surface area contributed by atoms with Gasteiger partial charge in [-0.15, -0.1) is 0 Å². The van der Waals surface area contributed by atoms with Crippen molar-refractivity contribution in [2.24, 2.45) is 335 Å². The van der Waals surface area contributed by atoms with Crippen molar-refractivity contribution in [2.75, 3.05) is 59.5 Å². The number of cyclic esters (lactones) is 8. The van der Waals surface area contributed by atoms with E-state index in [2.05, 4.69) is 6.92 Å². The molecule has 30 aliphatic carbocycles. The van der Waals surface area contributed by atoms with Crippen molar-refractivity contribution < 1.29 is 81.4 Å². The van der Waals surface area contributed by atoms with Gasteiger partial charge in [-0.25, -0.2) is 0 Å². The molecule has 8 saturated heterocycles. The fraction of sp³-hybridized carbons (Fsp3) is 0.930. The highest BCUT2D eigenvalue weighted by Gasteiger charge is 2.78. The number of carbonyl (C=O) groups is 8. The summed E-state index contributed by atoms with van der Waals surface area (Å²) in [7, 11) is 0. The number of carbonyl (C=O) groups excluding carboxylic acids is 8. The van der Waals surface area contributed by atoms with Crippen LogP contribution in [0, 0.1) is 335 Å². The van der Waals surface area contributed by atoms with Gasteiger partial charge in [0.2, 0.25) is 0 Å². The Hall–Kier alpha value is -4.28. The number of rotatable bonds is 1. The molecule has 57 unspecified atom stereocenters. The van der Waals surface area contributed by atoms with E-state index >= 15 is 0 Å². The van der Waals surface area contributed by atoms with Crippen LogP contribution in [-0.2, 0) is 76.3 Å². The molecule has 131 heavy (non-hydrogen) atoms. The van der Waals surface area contributed by atoms with Crippen LogP contribution in [0.2, 0.25) is 0 Å². The first-order chi connectivity index (χ1) is 63.8. The second-order valence-electron chi connectivity index (χ2n) is 55.9. The molecule has 17 heteroatoms. The molecule has 8 aliphatic heterocycles. The Kier molecular flexibility index (Phi) is 17.8. The van der Waals surface area contributed by atoms with Crippen LogP contribution in [0.15, 0.2) is 0 Å². The summed E-state index contributed by atoms with van der Waals surface area (Å²) in [4.78, 5) is 94.5. The van der Waals surface area contributed by atoms with Crippen LogP contribution in [0.4, 0.5) is 0 Å². The fourth-order valence-electron chi connectivity index (χ4n) is 51.3. The Morgan fingerprint density at radius 1 is 0.267 bits per heavy atom. The van der Waals surface area contributed by atoms with Gasteiger partial charge in [-0.3, -0.25) is 38.4 Å². The summed E-state index contributed by atoms with van der Waals surface area (Å²) in [5.41, 5.74) is 0.574. The van der Waals surface area contributed by atoms with Crippen LogP contribution in [0.25, 0.3) is 0 Å². The van der Waals surface area contributed by atoms with Crippen LogP contribution in [0.1, 0.15) is 257 Å². The third-order valence-corrected chi connectivity index (χ3v) is 53.8. The third kappa shape index (κ3) is 10.8. The average Bonchev–Trinajstić information content (AvgIpc) is 1.52. The Bertz CT molecular complexity index is 4560. The monoisotopic (exact) mass is 1790 g/mol. The van der Waals surface area contributed by atoms with Crippen LogP contribution < -0.4 is 0 Å². The Morgan fingerprint density at radius 3 is 0.939 bits per heavy atom. The maximum Gasteiger partial charge on any atom is 0.312 e. The highest BCUT2D eigenvalue weighted by Crippen LogP contribution is 2.81. The zero-order valence-corrected chi connectivity index (χ0v) is 78.4. The van der Waals surface area contributed by atoms with Gasteiger partial charge in [-0.2, -0.15) is 0 Å². The van der Waals surface area contributed by atoms with Crippen molar-refractivity contribution in [3.8, 4) is 0 Å². The minimum atomic E-state index is -0.0167. The second-order valence-corrected chi connectivity index (χ2v) is 55.9. The molecule has 30 bridgehead atoms. The molecule has 0 amide bonds. The summed E-state index contributed by atoms with van der Waals surface area (Å²) < 4.78 is 42.4. The van der Waals surface area contributed by atoms with Crippen molar-refractivity contribution >= 4 is 47.8 Å². The fourth-order valence-corrected chi connectivity index (χ4v) is 51.3. The molecular weight excluding hydrogens is 1640 g/mol. The van der Waals surface area contributed by atoms with E-state index in [4.69, 9.17) is 37.9 Å². The molecule has 0 aromatic rings. The van der Waals surface area contributed by atoms with Gasteiger partial charge < -0.3 is 43.0 Å². The van der Waals surface area contributed by atoms with E-state index in [-0.39, 0.29) is 69.9 Å². The van der Waals surface area contributed by atoms with Crippen molar-refractivity contribution in [1.82, 2.24) is 0 Å². The molecule has 0 radical (unpaired) electrons. The van der Waals surface area contributed by atoms with Gasteiger partial charge >= 0.3 is 47.8 Å². The lowest BCUT2D eigenvalue weighted by atomic mass is 9.60. The highest BCUT2D eigenvalue weighted by atomic mass is 16.6. The minimum Gasteiger partial charge on any atom is -0.465 e. The van der Waals surface area contributed by atoms with E-state index in [0.717, 1.165) is 308 Å². The van der Waals surface area contributed by atoms with Gasteiger partial charge in [-0.05, 0) is 510 Å². The first-order valence-electron chi connectivity index (χ1n) is 56.8. The number of esters is 8. The first kappa shape index (κ1) is 81.5. The molecule has 17 nitrogen and oxygen atoms in total. The molecule has 38 aliphatic rings. The van der Waals surface area contributed by atoms with Crippen molar-refractivity contribution in [2.45, 2.75) is 257 Å². The Labute approximate surface area is 776 Å². The van der Waals surface area contributed by atoms with E-state index < -0.39 is 0 Å². The number of ether oxygens (including phenoxy) is 8. The number of hydrogen-bond donors (Lipinski definition) is 1. The number of hydrogen-bond acceptors (Lipinski definition) is 17. The zero-order valence-electron chi connectivity index (χ0n) is 78.4. The smallest absolute Gasteiger partial charge is 0.312 e. The maximum absolute atomic E-state index is 12.2. The predicted molar refractivity (Wildman–Crippen MR) is 474 cm³/mol. The van der Waals surface area contributed by atoms with Crippen LogP contribution in [0.5, 0.6) is 0 Å². The first-order valence-corrected chi connectivity index (χ1v) is 56.8. The SMILES string of the molecule is CC1CC2CC1CC21CCOC1=O.O=C1CC2(CO1)CC1CC2C2C3CCC(C3)C12.O=C1CC2(CO1)CC1CC2C2C3CCC(C3)C12.O=C1OCC2C3CC(C12)C1C2CC(CO)C(C2)C31.O=C1OCC2C3CC(C12)C1C2CCC(C2)C31.O=C1OCC2C3CC(C12)C1C2CCC(C2)C31.O=C1OCCC12CC1CC2C2C3CCC(C3)C12.O=C1OCCC12CC1CC2C2C3CCC(C3)C12. The molecule has 38 rings (SSSR count). The third-order valence-electron chi connectivity index (χ3n) is 53.8. The zero-order chi connectivity index (χ0) is 86.7. The summed E-state index contributed by atoms with van der Waals surface area (Å²) in [6.45, 7) is 8.51. The molecule has 0 aromatic carbocycles. The molecule has 1 N–H and O–H groups in total. The standard InChI is InChI=1S/C15H20O3.4C15H20O2.2C14H18O2.C11H16O2/c16-4-7-1-6-2-8(7)13-9-3-10(12(6)13)14-11(9)5-18-15(14)17;2*16-12-6-15(7-17-12)5-10-4-11(15)14-9-2-1-8(3-9)13(10)14;2*16-14-15(3-4-17-14)7-10-6-11(15)13-9-2-1-8(5-9)12(10)13;2*15-14-13-9-4-8(10(13)5-16-14)11-6-1-2-7(3-6)12(9)11;1-7-4-9-5-8(7)6-11(9)2-3-13-10(11)12/h6-14,16H,1-5H2;2*8-11,13-14H,1-7H2;2*8-13H,1-7H2;2*6-13H,1-5H2;7-9H,2-6H2,1H3. The minimum absolute atomic E-state index is 0.00366. The molecular formula is C114H152O17. The Balaban J connectivity index is 0.0000000708. The Morgan fingerprint density at radius 2 is 0.595 bits per heavy atom. The summed E-state index contributed by atoms with van der Waals surface area (Å²) in [5.74, 6) is 45.1. The second kappa shape index (κ2) is 28.5. The molecule has 8 heterocycles. The van der Waals surface area contributed by atoms with E-state index in [1.807, 2.05) is 0 Å². The van der Waals surface area contributed by atoms with Crippen molar-refractivity contribution in [3.63, 3.8) is 0 Å². The molecule has 30 saturated carbocycles. The van der Waals surface area contributed by atoms with Gasteiger partial charge in [0, 0.05) is 35.2 Å². The van der Waals surface area contributed by atoms with Gasteiger partial charge in [-0.1, -0.05) is 6.92 Å². The lowest BCUT2D eigenvalue weighted by Crippen LogP contribution is -2.42. The number of aliphatic hydroxyl groups excluding tert-OH is 1. The van der Waals surface area contributed by atoms with Gasteiger partial charge in [0.05, 0.1) is 99.7 Å². The molecule has 0 aromatic heterocycles. The maximum atomic E-state index is 12.2. The van der Waals surface area contributed by atoms with Gasteiger partial charge in [0.1, 0.15) is 0 Å². The summed E-state index contributed by atoms with van der Waals surface area (Å²) in [6, 6.07) is 0. The largest absolute Gasteiger partial charge is 0.465 e.